The van der Waals surface area contributed by atoms with Gasteiger partial charge in [-0.2, -0.15) is 5.10 Å². The SMILES string of the molecule is Bc1cnc2[nH]cc(-c3ccn[nH]3)c2c1. The van der Waals surface area contributed by atoms with Crippen LogP contribution in [0, 0.1) is 0 Å². The highest BCUT2D eigenvalue weighted by atomic mass is 15.1. The van der Waals surface area contributed by atoms with Gasteiger partial charge in [0.15, 0.2) is 0 Å². The molecule has 0 unspecified atom stereocenters. The number of rotatable bonds is 1. The molecule has 3 aromatic heterocycles. The number of pyridine rings is 1. The van der Waals surface area contributed by atoms with Gasteiger partial charge >= 0.3 is 0 Å². The van der Waals surface area contributed by atoms with E-state index in [1.807, 2.05) is 26.3 Å². The van der Waals surface area contributed by atoms with E-state index >= 15 is 0 Å². The van der Waals surface area contributed by atoms with Crippen molar-refractivity contribution in [3.63, 3.8) is 0 Å². The number of aromatic amines is 2. The second-order valence-corrected chi connectivity index (χ2v) is 3.58. The maximum atomic E-state index is 4.32. The molecule has 0 fully saturated rings. The lowest BCUT2D eigenvalue weighted by atomic mass is 9.97. The fourth-order valence-corrected chi connectivity index (χ4v) is 1.74. The van der Waals surface area contributed by atoms with Gasteiger partial charge in [-0.05, 0) is 6.07 Å². The van der Waals surface area contributed by atoms with Crippen molar-refractivity contribution in [3.8, 4) is 11.3 Å². The predicted octanol–water partition coefficient (Wildman–Crippen LogP) is 0.211. The molecule has 0 amide bonds. The summed E-state index contributed by atoms with van der Waals surface area (Å²) in [5, 5.41) is 8.03. The molecule has 0 saturated heterocycles. The Kier molecular flexibility index (Phi) is 1.65. The van der Waals surface area contributed by atoms with Crippen LogP contribution in [-0.4, -0.2) is 28.0 Å². The predicted molar refractivity (Wildman–Crippen MR) is 61.9 cm³/mol. The zero-order valence-electron chi connectivity index (χ0n) is 8.28. The average Bonchev–Trinajstić information content (AvgIpc) is 2.83. The summed E-state index contributed by atoms with van der Waals surface area (Å²) >= 11 is 0. The number of hydrogen-bond acceptors (Lipinski definition) is 2. The summed E-state index contributed by atoms with van der Waals surface area (Å²) in [5.41, 5.74) is 4.18. The summed E-state index contributed by atoms with van der Waals surface area (Å²) in [7, 11) is 2.04. The molecule has 4 nitrogen and oxygen atoms in total. The van der Waals surface area contributed by atoms with Crippen LogP contribution in [0.25, 0.3) is 22.3 Å². The molecule has 0 spiro atoms. The van der Waals surface area contributed by atoms with E-state index in [0.29, 0.717) is 0 Å². The molecule has 0 radical (unpaired) electrons. The van der Waals surface area contributed by atoms with Gasteiger partial charge in [0.25, 0.3) is 0 Å². The summed E-state index contributed by atoms with van der Waals surface area (Å²) < 4.78 is 0. The van der Waals surface area contributed by atoms with E-state index in [4.69, 9.17) is 0 Å². The van der Waals surface area contributed by atoms with Gasteiger partial charge in [0.1, 0.15) is 13.5 Å². The van der Waals surface area contributed by atoms with E-state index in [1.165, 1.54) is 0 Å². The van der Waals surface area contributed by atoms with Crippen molar-refractivity contribution in [2.75, 3.05) is 0 Å². The molecule has 15 heavy (non-hydrogen) atoms. The highest BCUT2D eigenvalue weighted by Crippen LogP contribution is 2.24. The van der Waals surface area contributed by atoms with Crippen LogP contribution in [0.1, 0.15) is 0 Å². The van der Waals surface area contributed by atoms with Crippen molar-refractivity contribution in [2.45, 2.75) is 0 Å². The molecule has 5 heteroatoms. The summed E-state index contributed by atoms with van der Waals surface area (Å²) in [5.74, 6) is 0. The zero-order chi connectivity index (χ0) is 10.3. The van der Waals surface area contributed by atoms with Gasteiger partial charge in [-0.15, -0.1) is 0 Å². The first-order chi connectivity index (χ1) is 7.34. The van der Waals surface area contributed by atoms with Crippen molar-refractivity contribution in [1.82, 2.24) is 20.2 Å². The second-order valence-electron chi connectivity index (χ2n) is 3.58. The van der Waals surface area contributed by atoms with Crippen molar-refractivity contribution >= 4 is 24.3 Å². The third-order valence-corrected chi connectivity index (χ3v) is 2.46. The molecule has 3 aromatic rings. The molecule has 72 valence electrons. The van der Waals surface area contributed by atoms with Crippen LogP contribution in [0.2, 0.25) is 0 Å². The van der Waals surface area contributed by atoms with Crippen LogP contribution in [-0.2, 0) is 0 Å². The summed E-state index contributed by atoms with van der Waals surface area (Å²) in [6.45, 7) is 0. The topological polar surface area (TPSA) is 57.4 Å². The van der Waals surface area contributed by atoms with Crippen molar-refractivity contribution in [2.24, 2.45) is 0 Å². The fourth-order valence-electron chi connectivity index (χ4n) is 1.74. The Morgan fingerprint density at radius 3 is 3.07 bits per heavy atom. The van der Waals surface area contributed by atoms with Gasteiger partial charge < -0.3 is 4.98 Å². The van der Waals surface area contributed by atoms with Gasteiger partial charge in [0.2, 0.25) is 0 Å². The van der Waals surface area contributed by atoms with Crippen molar-refractivity contribution in [1.29, 1.82) is 0 Å². The van der Waals surface area contributed by atoms with E-state index in [0.717, 1.165) is 27.8 Å². The minimum absolute atomic E-state index is 0.908. The lowest BCUT2D eigenvalue weighted by Gasteiger charge is -1.95. The zero-order valence-corrected chi connectivity index (χ0v) is 8.28. The Morgan fingerprint density at radius 2 is 2.27 bits per heavy atom. The molecular formula is C10H9BN4. The van der Waals surface area contributed by atoms with Crippen LogP contribution >= 0.6 is 0 Å². The molecule has 3 rings (SSSR count). The van der Waals surface area contributed by atoms with E-state index in [-0.39, 0.29) is 0 Å². The van der Waals surface area contributed by atoms with Gasteiger partial charge in [0, 0.05) is 29.5 Å². The molecular weight excluding hydrogens is 187 g/mol. The minimum Gasteiger partial charge on any atom is -0.345 e. The molecule has 0 aliphatic rings. The van der Waals surface area contributed by atoms with E-state index in [2.05, 4.69) is 26.2 Å². The Balaban J connectivity index is 2.32. The standard InChI is InChI=1S/C10H9BN4/c11-6-3-7-8(9-1-2-14-15-9)5-13-10(7)12-4-6/h1-5H,11H2,(H,12,13)(H,14,15). The smallest absolute Gasteiger partial charge is 0.141 e. The molecule has 0 atom stereocenters. The average molecular weight is 196 g/mol. The van der Waals surface area contributed by atoms with Gasteiger partial charge in [0.05, 0.1) is 5.69 Å². The first-order valence-electron chi connectivity index (χ1n) is 4.78. The molecule has 0 bridgehead atoms. The summed E-state index contributed by atoms with van der Waals surface area (Å²) in [6, 6.07) is 4.07. The maximum Gasteiger partial charge on any atom is 0.141 e. The summed E-state index contributed by atoms with van der Waals surface area (Å²) in [4.78, 5) is 7.47. The fraction of sp³-hybridized carbons (Fsp3) is 0. The van der Waals surface area contributed by atoms with Crippen LogP contribution in [0.4, 0.5) is 0 Å². The number of H-pyrrole nitrogens is 2. The van der Waals surface area contributed by atoms with Gasteiger partial charge in [-0.3, -0.25) is 5.10 Å². The third kappa shape index (κ3) is 1.24. The normalized spacial score (nSPS) is 10.9. The Bertz CT molecular complexity index is 597. The van der Waals surface area contributed by atoms with Gasteiger partial charge in [-0.1, -0.05) is 11.5 Å². The first-order valence-corrected chi connectivity index (χ1v) is 4.78. The number of fused-ring (bicyclic) bond motifs is 1. The lowest BCUT2D eigenvalue weighted by Crippen LogP contribution is -2.01. The largest absolute Gasteiger partial charge is 0.345 e. The van der Waals surface area contributed by atoms with Crippen LogP contribution in [0.5, 0.6) is 0 Å². The van der Waals surface area contributed by atoms with E-state index < -0.39 is 0 Å². The highest BCUT2D eigenvalue weighted by molar-refractivity contribution is 6.33. The minimum atomic E-state index is 0.908. The highest BCUT2D eigenvalue weighted by Gasteiger charge is 2.07. The molecule has 2 N–H and O–H groups in total. The Morgan fingerprint density at radius 1 is 1.33 bits per heavy atom. The molecule has 0 aliphatic heterocycles. The number of nitrogens with one attached hydrogen (secondary N) is 2. The number of aromatic nitrogens is 4. The van der Waals surface area contributed by atoms with Crippen molar-refractivity contribution in [3.05, 3.63) is 30.7 Å². The first kappa shape index (κ1) is 8.29. The van der Waals surface area contributed by atoms with Crippen LogP contribution in [0.3, 0.4) is 0 Å². The quantitative estimate of drug-likeness (QED) is 0.546. The molecule has 0 aliphatic carbocycles. The van der Waals surface area contributed by atoms with Gasteiger partial charge in [-0.25, -0.2) is 4.98 Å². The molecule has 3 heterocycles. The van der Waals surface area contributed by atoms with Crippen molar-refractivity contribution < 1.29 is 0 Å². The maximum absolute atomic E-state index is 4.32. The van der Waals surface area contributed by atoms with E-state index in [1.54, 1.807) is 6.20 Å². The van der Waals surface area contributed by atoms with Crippen LogP contribution < -0.4 is 5.46 Å². The third-order valence-electron chi connectivity index (χ3n) is 2.46. The Hall–Kier alpha value is -2.04. The van der Waals surface area contributed by atoms with Crippen LogP contribution in [0.15, 0.2) is 30.7 Å². The Labute approximate surface area is 87.1 Å². The number of nitrogens with zero attached hydrogens (tertiary/aromatic N) is 2. The van der Waals surface area contributed by atoms with E-state index in [9.17, 15) is 0 Å². The number of hydrogen-bond donors (Lipinski definition) is 2. The summed E-state index contributed by atoms with van der Waals surface area (Å²) in [6.07, 6.45) is 5.55. The monoisotopic (exact) mass is 196 g/mol. The molecule has 0 aromatic carbocycles. The second kappa shape index (κ2) is 2.98. The molecule has 0 saturated carbocycles. The lowest BCUT2D eigenvalue weighted by molar-refractivity contribution is 1.10.